The van der Waals surface area contributed by atoms with Crippen molar-refractivity contribution in [1.29, 1.82) is 0 Å². The summed E-state index contributed by atoms with van der Waals surface area (Å²) in [6.45, 7) is 4.07. The van der Waals surface area contributed by atoms with Crippen molar-refractivity contribution in [2.24, 2.45) is 5.92 Å². The maximum atomic E-state index is 11.5. The summed E-state index contributed by atoms with van der Waals surface area (Å²) in [5.41, 5.74) is 1.31. The number of carbonyl (C=O) groups excluding carboxylic acids is 1. The molecular formula is C16H21ClO2. The number of aryl methyl sites for hydroxylation is 1. The fourth-order valence-corrected chi connectivity index (χ4v) is 1.89. The third-order valence-electron chi connectivity index (χ3n) is 2.86. The van der Waals surface area contributed by atoms with Crippen molar-refractivity contribution in [3.63, 3.8) is 0 Å². The molecule has 0 N–H and O–H groups in total. The minimum absolute atomic E-state index is 0.0171. The molecule has 1 aromatic carbocycles. The number of carbonyl (C=O) groups is 1. The lowest BCUT2D eigenvalue weighted by Gasteiger charge is -2.12. The Labute approximate surface area is 120 Å². The first-order chi connectivity index (χ1) is 9.15. The van der Waals surface area contributed by atoms with Crippen LogP contribution in [0.2, 0.25) is 0 Å². The number of halogens is 1. The first-order valence-electron chi connectivity index (χ1n) is 6.66. The third-order valence-corrected chi connectivity index (χ3v) is 3.43. The molecule has 2 nitrogen and oxygen atoms in total. The van der Waals surface area contributed by atoms with E-state index < -0.39 is 5.38 Å². The molecule has 0 aliphatic rings. The summed E-state index contributed by atoms with van der Waals surface area (Å²) in [4.78, 5) is 11.5. The minimum atomic E-state index is -0.604. The van der Waals surface area contributed by atoms with Gasteiger partial charge in [-0.2, -0.15) is 0 Å². The molecule has 0 saturated heterocycles. The number of ether oxygens (including phenoxy) is 1. The van der Waals surface area contributed by atoms with Crippen molar-refractivity contribution in [2.75, 3.05) is 6.61 Å². The summed E-state index contributed by atoms with van der Waals surface area (Å²) in [7, 11) is 0. The monoisotopic (exact) mass is 280 g/mol. The number of rotatable bonds is 7. The van der Waals surface area contributed by atoms with Gasteiger partial charge in [-0.05, 0) is 25.3 Å². The van der Waals surface area contributed by atoms with Gasteiger partial charge in [0.1, 0.15) is 5.38 Å². The molecule has 0 bridgehead atoms. The van der Waals surface area contributed by atoms with Crippen LogP contribution in [0.3, 0.4) is 0 Å². The molecule has 3 heteroatoms. The number of alkyl halides is 1. The van der Waals surface area contributed by atoms with Gasteiger partial charge in [-0.3, -0.25) is 4.79 Å². The van der Waals surface area contributed by atoms with Crippen molar-refractivity contribution in [3.05, 3.63) is 48.0 Å². The Balaban J connectivity index is 2.33. The van der Waals surface area contributed by atoms with E-state index in [1.807, 2.05) is 31.2 Å². The Morgan fingerprint density at radius 1 is 1.37 bits per heavy atom. The highest BCUT2D eigenvalue weighted by atomic mass is 35.5. The van der Waals surface area contributed by atoms with Gasteiger partial charge in [0.25, 0.3) is 0 Å². The van der Waals surface area contributed by atoms with Crippen LogP contribution in [0, 0.1) is 5.92 Å². The summed E-state index contributed by atoms with van der Waals surface area (Å²) >= 11 is 6.03. The van der Waals surface area contributed by atoms with E-state index >= 15 is 0 Å². The fourth-order valence-electron chi connectivity index (χ4n) is 1.74. The molecule has 0 amide bonds. The fraction of sp³-hybridized carbons (Fsp3) is 0.438. The maximum absolute atomic E-state index is 11.5. The van der Waals surface area contributed by atoms with E-state index in [-0.39, 0.29) is 11.9 Å². The van der Waals surface area contributed by atoms with Gasteiger partial charge in [-0.1, -0.05) is 49.4 Å². The molecule has 19 heavy (non-hydrogen) atoms. The molecule has 0 spiro atoms. The van der Waals surface area contributed by atoms with Crippen LogP contribution in [-0.4, -0.2) is 18.0 Å². The Kier molecular flexibility index (Phi) is 7.27. The predicted octanol–water partition coefficient (Wildman–Crippen LogP) is 3.98. The highest BCUT2D eigenvalue weighted by Gasteiger charge is 2.21. The van der Waals surface area contributed by atoms with Gasteiger partial charge in [-0.15, -0.1) is 11.6 Å². The molecule has 2 atom stereocenters. The number of hydrogen-bond acceptors (Lipinski definition) is 2. The average molecular weight is 281 g/mol. The van der Waals surface area contributed by atoms with Gasteiger partial charge in [0, 0.05) is 5.92 Å². The predicted molar refractivity (Wildman–Crippen MR) is 79.3 cm³/mol. The number of benzene rings is 1. The zero-order valence-corrected chi connectivity index (χ0v) is 12.3. The minimum Gasteiger partial charge on any atom is -0.465 e. The van der Waals surface area contributed by atoms with Crippen LogP contribution in [0.15, 0.2) is 42.5 Å². The van der Waals surface area contributed by atoms with Gasteiger partial charge < -0.3 is 4.74 Å². The number of esters is 1. The summed E-state index contributed by atoms with van der Waals surface area (Å²) in [5, 5.41) is -0.604. The Bertz CT molecular complexity index is 400. The molecule has 0 aliphatic heterocycles. The first-order valence-corrected chi connectivity index (χ1v) is 7.10. The third kappa shape index (κ3) is 5.93. The van der Waals surface area contributed by atoms with E-state index in [1.54, 1.807) is 6.92 Å². The molecule has 0 fully saturated rings. The first kappa shape index (κ1) is 15.8. The Hall–Kier alpha value is -1.28. The average Bonchev–Trinajstić information content (AvgIpc) is 2.44. The highest BCUT2D eigenvalue weighted by molar-refractivity contribution is 6.30. The molecule has 0 heterocycles. The van der Waals surface area contributed by atoms with Crippen molar-refractivity contribution in [3.8, 4) is 0 Å². The molecular weight excluding hydrogens is 260 g/mol. The number of allylic oxidation sites excluding steroid dienone is 2. The molecule has 2 unspecified atom stereocenters. The van der Waals surface area contributed by atoms with Crippen LogP contribution in [0.5, 0.6) is 0 Å². The zero-order chi connectivity index (χ0) is 14.1. The van der Waals surface area contributed by atoms with Gasteiger partial charge in [0.05, 0.1) is 6.61 Å². The van der Waals surface area contributed by atoms with Crippen LogP contribution >= 0.6 is 11.6 Å². The standard InChI is InChI=1S/C16H21ClO2/c1-3-19-16(18)15(17)13(2)9-7-8-12-14-10-5-4-6-11-14/h4-7,9-11,13,15H,3,8,12H2,1-2H3/b9-7+. The van der Waals surface area contributed by atoms with Crippen LogP contribution < -0.4 is 0 Å². The molecule has 1 aromatic rings. The molecule has 0 aliphatic carbocycles. The lowest BCUT2D eigenvalue weighted by molar-refractivity contribution is -0.143. The second-order valence-corrected chi connectivity index (χ2v) is 4.94. The highest BCUT2D eigenvalue weighted by Crippen LogP contribution is 2.14. The van der Waals surface area contributed by atoms with E-state index in [2.05, 4.69) is 18.2 Å². The van der Waals surface area contributed by atoms with E-state index in [9.17, 15) is 4.79 Å². The van der Waals surface area contributed by atoms with E-state index in [0.29, 0.717) is 6.61 Å². The van der Waals surface area contributed by atoms with Crippen LogP contribution in [0.1, 0.15) is 25.8 Å². The van der Waals surface area contributed by atoms with E-state index in [1.165, 1.54) is 5.56 Å². The van der Waals surface area contributed by atoms with Crippen LogP contribution in [-0.2, 0) is 16.0 Å². The van der Waals surface area contributed by atoms with Crippen molar-refractivity contribution in [1.82, 2.24) is 0 Å². The second kappa shape index (κ2) is 8.76. The van der Waals surface area contributed by atoms with E-state index in [0.717, 1.165) is 12.8 Å². The van der Waals surface area contributed by atoms with Crippen LogP contribution in [0.4, 0.5) is 0 Å². The maximum Gasteiger partial charge on any atom is 0.324 e. The zero-order valence-electron chi connectivity index (χ0n) is 11.5. The van der Waals surface area contributed by atoms with Gasteiger partial charge in [-0.25, -0.2) is 0 Å². The van der Waals surface area contributed by atoms with E-state index in [4.69, 9.17) is 16.3 Å². The molecule has 1 rings (SSSR count). The quantitative estimate of drug-likeness (QED) is 0.429. The molecule has 0 aromatic heterocycles. The summed E-state index contributed by atoms with van der Waals surface area (Å²) in [5.74, 6) is -0.360. The number of hydrogen-bond donors (Lipinski definition) is 0. The Morgan fingerprint density at radius 2 is 2.05 bits per heavy atom. The lowest BCUT2D eigenvalue weighted by atomic mass is 10.0. The van der Waals surface area contributed by atoms with Gasteiger partial charge in [0.2, 0.25) is 0 Å². The smallest absolute Gasteiger partial charge is 0.324 e. The van der Waals surface area contributed by atoms with Gasteiger partial charge in [0.15, 0.2) is 0 Å². The summed E-state index contributed by atoms with van der Waals surface area (Å²) < 4.78 is 4.90. The molecule has 0 saturated carbocycles. The second-order valence-electron chi connectivity index (χ2n) is 4.47. The summed E-state index contributed by atoms with van der Waals surface area (Å²) in [6.07, 6.45) is 6.00. The largest absolute Gasteiger partial charge is 0.465 e. The van der Waals surface area contributed by atoms with Crippen molar-refractivity contribution < 1.29 is 9.53 Å². The Morgan fingerprint density at radius 3 is 2.68 bits per heavy atom. The summed E-state index contributed by atoms with van der Waals surface area (Å²) in [6, 6.07) is 10.3. The van der Waals surface area contributed by atoms with Crippen molar-refractivity contribution >= 4 is 17.6 Å². The SMILES string of the molecule is CCOC(=O)C(Cl)C(C)/C=C/CCc1ccccc1. The lowest BCUT2D eigenvalue weighted by Crippen LogP contribution is -2.23. The topological polar surface area (TPSA) is 26.3 Å². The van der Waals surface area contributed by atoms with Crippen molar-refractivity contribution in [2.45, 2.75) is 32.1 Å². The van der Waals surface area contributed by atoms with Gasteiger partial charge >= 0.3 is 5.97 Å². The van der Waals surface area contributed by atoms with Crippen LogP contribution in [0.25, 0.3) is 0 Å². The molecule has 0 radical (unpaired) electrons. The normalized spacial score (nSPS) is 14.3. The molecule has 104 valence electrons.